The fraction of sp³-hybridized carbons (Fsp3) is 0.231. The first-order chi connectivity index (χ1) is 11.8. The van der Waals surface area contributed by atoms with Crippen LogP contribution in [0.15, 0.2) is 29.3 Å². The molecule has 0 aliphatic heterocycles. The van der Waals surface area contributed by atoms with Crippen LogP contribution in [-0.4, -0.2) is 22.1 Å². The minimum Gasteiger partial charge on any atom is -0.428 e. The van der Waals surface area contributed by atoms with Gasteiger partial charge in [0.25, 0.3) is 5.56 Å². The third kappa shape index (κ3) is 4.00. The molecular formula is C13H7ClF7N3O2. The van der Waals surface area contributed by atoms with Gasteiger partial charge in [-0.05, 0) is 0 Å². The smallest absolute Gasteiger partial charge is 0.428 e. The number of ether oxygens (including phenoxy) is 1. The van der Waals surface area contributed by atoms with Crippen LogP contribution >= 0.6 is 11.6 Å². The number of hydrogen-bond donors (Lipinski definition) is 1. The molecule has 142 valence electrons. The first-order valence-corrected chi connectivity index (χ1v) is 6.81. The van der Waals surface area contributed by atoms with Crippen molar-refractivity contribution in [2.75, 3.05) is 5.73 Å². The van der Waals surface area contributed by atoms with E-state index in [4.69, 9.17) is 17.3 Å². The van der Waals surface area contributed by atoms with Gasteiger partial charge in [0.2, 0.25) is 0 Å². The summed E-state index contributed by atoms with van der Waals surface area (Å²) in [4.78, 5) is 14.9. The van der Waals surface area contributed by atoms with E-state index in [1.165, 1.54) is 0 Å². The van der Waals surface area contributed by atoms with Crippen LogP contribution in [-0.2, 0) is 6.18 Å². The molecule has 0 saturated heterocycles. The van der Waals surface area contributed by atoms with Crippen molar-refractivity contribution in [3.63, 3.8) is 0 Å². The van der Waals surface area contributed by atoms with Gasteiger partial charge in [-0.25, -0.2) is 4.98 Å². The summed E-state index contributed by atoms with van der Waals surface area (Å²) in [6, 6.07) is 1.47. The first kappa shape index (κ1) is 19.8. The molecule has 0 spiro atoms. The number of hydrogen-bond acceptors (Lipinski definition) is 4. The molecule has 0 bridgehead atoms. The standard InChI is InChI=1S/C13H7ClF7N3O2/c14-6-1-5(26-13(20,21)11(15)16)2-7(22)10(6)24-4-23-8(3-9(24)25)12(17,18)19/h1-4,11H,22H2. The third-order valence-electron chi connectivity index (χ3n) is 2.92. The Morgan fingerprint density at radius 1 is 1.15 bits per heavy atom. The minimum atomic E-state index is -4.87. The molecule has 1 heterocycles. The number of nitrogen functional groups attached to an aromatic ring is 1. The summed E-state index contributed by atoms with van der Waals surface area (Å²) in [5.74, 6) is -0.838. The number of benzene rings is 1. The van der Waals surface area contributed by atoms with Crippen LogP contribution < -0.4 is 16.0 Å². The Balaban J connectivity index is 2.48. The molecule has 2 aromatic rings. The van der Waals surface area contributed by atoms with E-state index in [1.54, 1.807) is 0 Å². The average molecular weight is 406 g/mol. The summed E-state index contributed by atoms with van der Waals surface area (Å²) >= 11 is 5.78. The summed E-state index contributed by atoms with van der Waals surface area (Å²) in [5.41, 5.74) is 1.97. The molecule has 1 aromatic carbocycles. The number of nitrogens with zero attached hydrogens (tertiary/aromatic N) is 2. The van der Waals surface area contributed by atoms with E-state index >= 15 is 0 Å². The lowest BCUT2D eigenvalue weighted by molar-refractivity contribution is -0.253. The monoisotopic (exact) mass is 405 g/mol. The first-order valence-electron chi connectivity index (χ1n) is 6.43. The summed E-state index contributed by atoms with van der Waals surface area (Å²) in [7, 11) is 0. The van der Waals surface area contributed by atoms with Crippen LogP contribution in [0.5, 0.6) is 5.75 Å². The highest BCUT2D eigenvalue weighted by molar-refractivity contribution is 6.33. The van der Waals surface area contributed by atoms with Crippen molar-refractivity contribution in [1.82, 2.24) is 9.55 Å². The summed E-state index contributed by atoms with van der Waals surface area (Å²) in [6.45, 7) is 0. The van der Waals surface area contributed by atoms with Crippen molar-refractivity contribution >= 4 is 17.3 Å². The number of rotatable bonds is 4. The fourth-order valence-corrected chi connectivity index (χ4v) is 2.14. The van der Waals surface area contributed by atoms with E-state index < -0.39 is 46.4 Å². The van der Waals surface area contributed by atoms with E-state index in [2.05, 4.69) is 9.72 Å². The van der Waals surface area contributed by atoms with Crippen molar-refractivity contribution in [3.8, 4) is 11.4 Å². The van der Waals surface area contributed by atoms with Crippen LogP contribution in [0.2, 0.25) is 5.02 Å². The molecule has 13 heteroatoms. The van der Waals surface area contributed by atoms with Crippen molar-refractivity contribution in [3.05, 3.63) is 45.6 Å². The number of nitrogens with two attached hydrogens (primary N) is 1. The van der Waals surface area contributed by atoms with Gasteiger partial charge in [0.05, 0.1) is 16.4 Å². The summed E-state index contributed by atoms with van der Waals surface area (Å²) < 4.78 is 92.0. The lowest BCUT2D eigenvalue weighted by Gasteiger charge is -2.19. The molecule has 0 unspecified atom stereocenters. The van der Waals surface area contributed by atoms with Gasteiger partial charge in [0.15, 0.2) is 5.69 Å². The van der Waals surface area contributed by atoms with Gasteiger partial charge in [0.1, 0.15) is 12.1 Å². The van der Waals surface area contributed by atoms with Gasteiger partial charge < -0.3 is 10.5 Å². The second-order valence-corrected chi connectivity index (χ2v) is 5.19. The number of halogens is 8. The van der Waals surface area contributed by atoms with Gasteiger partial charge in [-0.2, -0.15) is 30.7 Å². The Labute approximate surface area is 144 Å². The molecule has 0 atom stereocenters. The molecule has 0 fully saturated rings. The normalized spacial score (nSPS) is 12.5. The zero-order valence-electron chi connectivity index (χ0n) is 12.2. The van der Waals surface area contributed by atoms with Crippen LogP contribution in [0.1, 0.15) is 5.69 Å². The predicted molar refractivity (Wildman–Crippen MR) is 75.8 cm³/mol. The van der Waals surface area contributed by atoms with Gasteiger partial charge in [0, 0.05) is 18.2 Å². The number of alkyl halides is 7. The quantitative estimate of drug-likeness (QED) is 0.622. The summed E-state index contributed by atoms with van der Waals surface area (Å²) in [5, 5.41) is -0.520. The Bertz CT molecular complexity index is 860. The Morgan fingerprint density at radius 3 is 2.23 bits per heavy atom. The van der Waals surface area contributed by atoms with Crippen LogP contribution in [0.3, 0.4) is 0 Å². The maximum Gasteiger partial charge on any atom is 0.461 e. The van der Waals surface area contributed by atoms with Crippen molar-refractivity contribution < 1.29 is 35.5 Å². The molecular weight excluding hydrogens is 399 g/mol. The molecule has 0 radical (unpaired) electrons. The highest BCUT2D eigenvalue weighted by atomic mass is 35.5. The van der Waals surface area contributed by atoms with Crippen molar-refractivity contribution in [1.29, 1.82) is 0 Å². The van der Waals surface area contributed by atoms with Crippen molar-refractivity contribution in [2.24, 2.45) is 0 Å². The zero-order valence-corrected chi connectivity index (χ0v) is 13.0. The highest BCUT2D eigenvalue weighted by Crippen LogP contribution is 2.35. The Morgan fingerprint density at radius 2 is 1.77 bits per heavy atom. The van der Waals surface area contributed by atoms with Gasteiger partial charge in [-0.15, -0.1) is 0 Å². The lowest BCUT2D eigenvalue weighted by atomic mass is 10.2. The second-order valence-electron chi connectivity index (χ2n) is 4.79. The minimum absolute atomic E-state index is 0.172. The topological polar surface area (TPSA) is 70.1 Å². The second kappa shape index (κ2) is 6.67. The molecule has 5 nitrogen and oxygen atoms in total. The summed E-state index contributed by atoms with van der Waals surface area (Å²) in [6.07, 6.45) is -13.4. The maximum atomic E-state index is 12.9. The van der Waals surface area contributed by atoms with E-state index in [-0.39, 0.29) is 11.8 Å². The van der Waals surface area contributed by atoms with Crippen LogP contribution in [0.25, 0.3) is 5.69 Å². The number of aromatic nitrogens is 2. The maximum absolute atomic E-state index is 12.9. The molecule has 0 amide bonds. The highest BCUT2D eigenvalue weighted by Gasteiger charge is 2.44. The van der Waals surface area contributed by atoms with Crippen LogP contribution in [0, 0.1) is 0 Å². The van der Waals surface area contributed by atoms with Gasteiger partial charge >= 0.3 is 18.7 Å². The van der Waals surface area contributed by atoms with E-state index in [0.717, 1.165) is 0 Å². The van der Waals surface area contributed by atoms with Crippen LogP contribution in [0.4, 0.5) is 36.4 Å². The van der Waals surface area contributed by atoms with Gasteiger partial charge in [-0.3, -0.25) is 9.36 Å². The lowest BCUT2D eigenvalue weighted by Crippen LogP contribution is -2.33. The van der Waals surface area contributed by atoms with E-state index in [1.807, 2.05) is 0 Å². The largest absolute Gasteiger partial charge is 0.461 e. The molecule has 26 heavy (non-hydrogen) atoms. The van der Waals surface area contributed by atoms with Crippen molar-refractivity contribution in [2.45, 2.75) is 18.7 Å². The SMILES string of the molecule is Nc1cc(OC(F)(F)C(F)F)cc(Cl)c1-n1cnc(C(F)(F)F)cc1=O. The predicted octanol–water partition coefficient (Wildman–Crippen LogP) is 3.72. The van der Waals surface area contributed by atoms with E-state index in [0.29, 0.717) is 23.0 Å². The third-order valence-corrected chi connectivity index (χ3v) is 3.20. The number of anilines is 1. The average Bonchev–Trinajstić information content (AvgIpc) is 2.46. The molecule has 2 N–H and O–H groups in total. The zero-order chi connectivity index (χ0) is 19.9. The molecule has 0 aliphatic rings. The molecule has 2 rings (SSSR count). The fourth-order valence-electron chi connectivity index (χ4n) is 1.83. The van der Waals surface area contributed by atoms with E-state index in [9.17, 15) is 35.5 Å². The molecule has 1 aromatic heterocycles. The molecule has 0 saturated carbocycles. The Hall–Kier alpha value is -2.50. The Kier molecular flexibility index (Phi) is 5.08. The molecule has 0 aliphatic carbocycles. The van der Waals surface area contributed by atoms with Gasteiger partial charge in [-0.1, -0.05) is 11.6 Å².